The zero-order chi connectivity index (χ0) is 18.4. The summed E-state index contributed by atoms with van der Waals surface area (Å²) in [7, 11) is 0. The van der Waals surface area contributed by atoms with Gasteiger partial charge in [-0.15, -0.1) is 0 Å². The highest BCUT2D eigenvalue weighted by Crippen LogP contribution is 2.34. The SMILES string of the molecule is O=c1ccc2c(ccc3nc(N4CCN(c5ccc(F)cc5)CC4)sc32)o1. The number of hydrogen-bond acceptors (Lipinski definition) is 6. The maximum Gasteiger partial charge on any atom is 0.336 e. The van der Waals surface area contributed by atoms with E-state index in [1.54, 1.807) is 23.5 Å². The van der Waals surface area contributed by atoms with Crippen molar-refractivity contribution in [3.05, 3.63) is 64.8 Å². The number of rotatable bonds is 2. The predicted octanol–water partition coefficient (Wildman–Crippen LogP) is 3.87. The Hall–Kier alpha value is -2.93. The van der Waals surface area contributed by atoms with Gasteiger partial charge in [-0.3, -0.25) is 0 Å². The van der Waals surface area contributed by atoms with E-state index in [2.05, 4.69) is 9.80 Å². The van der Waals surface area contributed by atoms with Gasteiger partial charge in [0.25, 0.3) is 0 Å². The lowest BCUT2D eigenvalue weighted by Gasteiger charge is -2.35. The van der Waals surface area contributed by atoms with Crippen molar-refractivity contribution in [1.82, 2.24) is 4.98 Å². The number of nitrogens with zero attached hydrogens (tertiary/aromatic N) is 3. The lowest BCUT2D eigenvalue weighted by molar-refractivity contribution is 0.561. The molecule has 0 amide bonds. The van der Waals surface area contributed by atoms with Crippen LogP contribution in [0.15, 0.2) is 57.7 Å². The van der Waals surface area contributed by atoms with Crippen molar-refractivity contribution in [2.45, 2.75) is 0 Å². The third kappa shape index (κ3) is 2.94. The number of aromatic nitrogens is 1. The van der Waals surface area contributed by atoms with Crippen LogP contribution in [-0.4, -0.2) is 31.2 Å². The number of piperazine rings is 1. The molecule has 0 saturated carbocycles. The summed E-state index contributed by atoms with van der Waals surface area (Å²) in [6.45, 7) is 3.42. The van der Waals surface area contributed by atoms with E-state index in [9.17, 15) is 9.18 Å². The van der Waals surface area contributed by atoms with Crippen molar-refractivity contribution in [1.29, 1.82) is 0 Å². The summed E-state index contributed by atoms with van der Waals surface area (Å²) in [4.78, 5) is 20.7. The van der Waals surface area contributed by atoms with Gasteiger partial charge in [0.2, 0.25) is 0 Å². The van der Waals surface area contributed by atoms with Crippen molar-refractivity contribution < 1.29 is 8.81 Å². The summed E-state index contributed by atoms with van der Waals surface area (Å²) < 4.78 is 19.4. The summed E-state index contributed by atoms with van der Waals surface area (Å²) in [6, 6.07) is 13.6. The number of benzene rings is 2. The van der Waals surface area contributed by atoms with Crippen LogP contribution in [0.25, 0.3) is 21.2 Å². The van der Waals surface area contributed by atoms with Crippen LogP contribution in [0, 0.1) is 5.82 Å². The molecular formula is C20H16FN3O2S. The van der Waals surface area contributed by atoms with Crippen LogP contribution < -0.4 is 15.4 Å². The minimum atomic E-state index is -0.344. The molecule has 3 heterocycles. The highest BCUT2D eigenvalue weighted by molar-refractivity contribution is 7.23. The van der Waals surface area contributed by atoms with Crippen LogP contribution in [-0.2, 0) is 0 Å². The van der Waals surface area contributed by atoms with Gasteiger partial charge in [-0.2, -0.15) is 0 Å². The Morgan fingerprint density at radius 3 is 2.44 bits per heavy atom. The van der Waals surface area contributed by atoms with Gasteiger partial charge in [-0.05, 0) is 42.5 Å². The van der Waals surface area contributed by atoms with E-state index in [0.29, 0.717) is 5.58 Å². The molecule has 136 valence electrons. The third-order valence-electron chi connectivity index (χ3n) is 4.88. The molecule has 2 aromatic carbocycles. The fourth-order valence-electron chi connectivity index (χ4n) is 3.47. The van der Waals surface area contributed by atoms with E-state index in [-0.39, 0.29) is 11.4 Å². The van der Waals surface area contributed by atoms with Crippen LogP contribution >= 0.6 is 11.3 Å². The number of halogens is 1. The summed E-state index contributed by atoms with van der Waals surface area (Å²) in [5, 5.41) is 1.89. The number of anilines is 2. The second-order valence-electron chi connectivity index (χ2n) is 6.53. The molecule has 0 aliphatic carbocycles. The molecule has 0 bridgehead atoms. The molecule has 27 heavy (non-hydrogen) atoms. The zero-order valence-electron chi connectivity index (χ0n) is 14.4. The Bertz CT molecular complexity index is 1180. The first-order chi connectivity index (χ1) is 13.2. The maximum absolute atomic E-state index is 13.1. The topological polar surface area (TPSA) is 49.6 Å². The van der Waals surface area contributed by atoms with Crippen LogP contribution in [0.4, 0.5) is 15.2 Å². The van der Waals surface area contributed by atoms with Gasteiger partial charge in [0.15, 0.2) is 5.13 Å². The maximum atomic E-state index is 13.1. The van der Waals surface area contributed by atoms with Gasteiger partial charge in [-0.25, -0.2) is 14.2 Å². The predicted molar refractivity (Wildman–Crippen MR) is 106 cm³/mol. The van der Waals surface area contributed by atoms with E-state index >= 15 is 0 Å². The van der Waals surface area contributed by atoms with Gasteiger partial charge in [0.1, 0.15) is 11.4 Å². The molecule has 0 atom stereocenters. The van der Waals surface area contributed by atoms with Crippen molar-refractivity contribution in [2.24, 2.45) is 0 Å². The molecule has 7 heteroatoms. The molecule has 5 nitrogen and oxygen atoms in total. The van der Waals surface area contributed by atoms with Gasteiger partial charge < -0.3 is 14.2 Å². The van der Waals surface area contributed by atoms with E-state index in [0.717, 1.165) is 52.6 Å². The first-order valence-electron chi connectivity index (χ1n) is 8.76. The van der Waals surface area contributed by atoms with Crippen LogP contribution in [0.2, 0.25) is 0 Å². The molecule has 1 saturated heterocycles. The van der Waals surface area contributed by atoms with Crippen LogP contribution in [0.5, 0.6) is 0 Å². The largest absolute Gasteiger partial charge is 0.423 e. The number of thiazole rings is 1. The summed E-state index contributed by atoms with van der Waals surface area (Å²) in [5.41, 5.74) is 2.20. The van der Waals surface area contributed by atoms with Gasteiger partial charge in [0, 0.05) is 43.3 Å². The molecule has 2 aromatic heterocycles. The van der Waals surface area contributed by atoms with Gasteiger partial charge >= 0.3 is 5.63 Å². The summed E-state index contributed by atoms with van der Waals surface area (Å²) in [5.74, 6) is -0.213. The second kappa shape index (κ2) is 6.35. The second-order valence-corrected chi connectivity index (χ2v) is 7.50. The molecule has 4 aromatic rings. The normalized spacial score (nSPS) is 15.0. The minimum absolute atomic E-state index is 0.213. The molecule has 1 aliphatic heterocycles. The number of hydrogen-bond donors (Lipinski definition) is 0. The van der Waals surface area contributed by atoms with Crippen LogP contribution in [0.3, 0.4) is 0 Å². The zero-order valence-corrected chi connectivity index (χ0v) is 15.2. The first-order valence-corrected chi connectivity index (χ1v) is 9.58. The lowest BCUT2D eigenvalue weighted by atomic mass is 10.2. The molecule has 0 radical (unpaired) electrons. The Balaban J connectivity index is 1.41. The molecule has 5 rings (SSSR count). The highest BCUT2D eigenvalue weighted by Gasteiger charge is 2.21. The first kappa shape index (κ1) is 16.3. The fraction of sp³-hybridized carbons (Fsp3) is 0.200. The molecule has 0 unspecified atom stereocenters. The Morgan fingerprint density at radius 2 is 1.67 bits per heavy atom. The summed E-state index contributed by atoms with van der Waals surface area (Å²) in [6.07, 6.45) is 0. The average Bonchev–Trinajstić information content (AvgIpc) is 3.13. The van der Waals surface area contributed by atoms with E-state index < -0.39 is 0 Å². The van der Waals surface area contributed by atoms with Crippen molar-refractivity contribution in [3.8, 4) is 0 Å². The van der Waals surface area contributed by atoms with E-state index in [1.165, 1.54) is 18.2 Å². The Morgan fingerprint density at radius 1 is 0.926 bits per heavy atom. The van der Waals surface area contributed by atoms with E-state index in [1.807, 2.05) is 18.2 Å². The van der Waals surface area contributed by atoms with Crippen molar-refractivity contribution in [2.75, 3.05) is 36.0 Å². The lowest BCUT2D eigenvalue weighted by Crippen LogP contribution is -2.46. The number of fused-ring (bicyclic) bond motifs is 3. The highest BCUT2D eigenvalue weighted by atomic mass is 32.1. The quantitative estimate of drug-likeness (QED) is 0.494. The average molecular weight is 381 g/mol. The van der Waals surface area contributed by atoms with Crippen molar-refractivity contribution in [3.63, 3.8) is 0 Å². The minimum Gasteiger partial charge on any atom is -0.423 e. The smallest absolute Gasteiger partial charge is 0.336 e. The van der Waals surface area contributed by atoms with Gasteiger partial charge in [-0.1, -0.05) is 11.3 Å². The monoisotopic (exact) mass is 381 g/mol. The molecule has 1 fully saturated rings. The Labute approximate surface area is 158 Å². The van der Waals surface area contributed by atoms with E-state index in [4.69, 9.17) is 9.40 Å². The molecule has 0 spiro atoms. The van der Waals surface area contributed by atoms with Crippen molar-refractivity contribution >= 4 is 43.3 Å². The summed E-state index contributed by atoms with van der Waals surface area (Å²) >= 11 is 1.62. The van der Waals surface area contributed by atoms with Crippen LogP contribution in [0.1, 0.15) is 0 Å². The third-order valence-corrected chi connectivity index (χ3v) is 6.05. The Kier molecular flexibility index (Phi) is 3.82. The molecule has 1 aliphatic rings. The fourth-order valence-corrected chi connectivity index (χ4v) is 4.60. The molecule has 0 N–H and O–H groups in total. The molecular weight excluding hydrogens is 365 g/mol. The van der Waals surface area contributed by atoms with Gasteiger partial charge in [0.05, 0.1) is 10.2 Å². The standard InChI is InChI=1S/C20H16FN3O2S/c21-13-1-3-14(4-2-13)23-9-11-24(12-10-23)20-22-16-6-7-17-15(19(16)27-20)5-8-18(25)26-17/h1-8H,9-12H2.